The zero-order valence-corrected chi connectivity index (χ0v) is 10.5. The highest BCUT2D eigenvalue weighted by molar-refractivity contribution is 9.10. The number of aromatic nitrogens is 2. The molecule has 78 valence electrons. The molecule has 1 unspecified atom stereocenters. The summed E-state index contributed by atoms with van der Waals surface area (Å²) < 4.78 is 1.12. The molecule has 0 radical (unpaired) electrons. The molecule has 3 nitrogen and oxygen atoms in total. The fourth-order valence-electron chi connectivity index (χ4n) is 1.42. The number of hydrogen-bond donors (Lipinski definition) is 1. The Morgan fingerprint density at radius 3 is 2.67 bits per heavy atom. The molecule has 2 aromatic rings. The lowest BCUT2D eigenvalue weighted by Gasteiger charge is -2.14. The summed E-state index contributed by atoms with van der Waals surface area (Å²) in [6.45, 7) is 0. The molecule has 0 aliphatic rings. The fraction of sp³-hybridized carbons (Fsp3) is 0.200. The van der Waals surface area contributed by atoms with Crippen LogP contribution in [0.5, 0.6) is 0 Å². The van der Waals surface area contributed by atoms with Crippen molar-refractivity contribution in [3.05, 3.63) is 45.1 Å². The van der Waals surface area contributed by atoms with Crippen LogP contribution in [0, 0.1) is 0 Å². The van der Waals surface area contributed by atoms with Crippen LogP contribution in [0.1, 0.15) is 16.5 Å². The lowest BCUT2D eigenvalue weighted by molar-refractivity contribution is 0.694. The maximum atomic E-state index is 4.03. The summed E-state index contributed by atoms with van der Waals surface area (Å²) in [6.07, 6.45) is 5.21. The van der Waals surface area contributed by atoms with Gasteiger partial charge in [-0.15, -0.1) is 11.3 Å². The Morgan fingerprint density at radius 2 is 2.13 bits per heavy atom. The third-order valence-corrected chi connectivity index (χ3v) is 4.05. The van der Waals surface area contributed by atoms with E-state index in [4.69, 9.17) is 0 Å². The van der Waals surface area contributed by atoms with Crippen LogP contribution in [0.15, 0.2) is 34.6 Å². The van der Waals surface area contributed by atoms with E-state index in [1.165, 1.54) is 4.88 Å². The van der Waals surface area contributed by atoms with Crippen LogP contribution in [0.25, 0.3) is 0 Å². The summed E-state index contributed by atoms with van der Waals surface area (Å²) in [5.41, 5.74) is 1.07. The van der Waals surface area contributed by atoms with E-state index in [1.54, 1.807) is 17.7 Å². The zero-order valence-electron chi connectivity index (χ0n) is 8.14. The molecule has 1 N–H and O–H groups in total. The van der Waals surface area contributed by atoms with Crippen molar-refractivity contribution in [3.8, 4) is 0 Å². The molecular weight excluding hydrogens is 274 g/mol. The van der Waals surface area contributed by atoms with Crippen molar-refractivity contribution < 1.29 is 0 Å². The van der Waals surface area contributed by atoms with Gasteiger partial charge >= 0.3 is 0 Å². The highest BCUT2D eigenvalue weighted by Gasteiger charge is 2.16. The molecule has 0 amide bonds. The highest BCUT2D eigenvalue weighted by Crippen LogP contribution is 2.32. The van der Waals surface area contributed by atoms with Crippen molar-refractivity contribution in [2.24, 2.45) is 0 Å². The standard InChI is InChI=1S/C10H10BrN3S/c1-12-9(7-4-13-6-14-5-7)10-8(11)2-3-15-10/h2-6,9,12H,1H3. The van der Waals surface area contributed by atoms with E-state index in [9.17, 15) is 0 Å². The average molecular weight is 284 g/mol. The van der Waals surface area contributed by atoms with Crippen molar-refractivity contribution in [3.63, 3.8) is 0 Å². The van der Waals surface area contributed by atoms with Crippen molar-refractivity contribution >= 4 is 27.3 Å². The molecule has 0 aliphatic heterocycles. The quantitative estimate of drug-likeness (QED) is 0.941. The van der Waals surface area contributed by atoms with Gasteiger partial charge in [-0.1, -0.05) is 0 Å². The maximum absolute atomic E-state index is 4.03. The Kier molecular flexibility index (Phi) is 3.45. The van der Waals surface area contributed by atoms with E-state index in [0.717, 1.165) is 10.0 Å². The predicted molar refractivity (Wildman–Crippen MR) is 65.0 cm³/mol. The van der Waals surface area contributed by atoms with Gasteiger partial charge < -0.3 is 5.32 Å². The van der Waals surface area contributed by atoms with Gasteiger partial charge in [0.2, 0.25) is 0 Å². The van der Waals surface area contributed by atoms with Crippen molar-refractivity contribution in [1.82, 2.24) is 15.3 Å². The average Bonchev–Trinajstić information content (AvgIpc) is 2.68. The molecule has 15 heavy (non-hydrogen) atoms. The second-order valence-corrected chi connectivity index (χ2v) is 4.83. The van der Waals surface area contributed by atoms with Crippen molar-refractivity contribution in [2.45, 2.75) is 6.04 Å². The first kappa shape index (κ1) is 10.7. The molecule has 0 aliphatic carbocycles. The molecule has 0 spiro atoms. The topological polar surface area (TPSA) is 37.8 Å². The Labute approximate surface area is 101 Å². The predicted octanol–water partition coefficient (Wildman–Crippen LogP) is 2.61. The maximum Gasteiger partial charge on any atom is 0.115 e. The summed E-state index contributed by atoms with van der Waals surface area (Å²) >= 11 is 5.25. The molecule has 2 heterocycles. The summed E-state index contributed by atoms with van der Waals surface area (Å²) in [5.74, 6) is 0. The van der Waals surface area contributed by atoms with E-state index < -0.39 is 0 Å². The Morgan fingerprint density at radius 1 is 1.40 bits per heavy atom. The molecule has 0 saturated carbocycles. The lowest BCUT2D eigenvalue weighted by Crippen LogP contribution is -2.17. The summed E-state index contributed by atoms with van der Waals surface area (Å²) in [6, 6.07) is 2.20. The normalized spacial score (nSPS) is 12.7. The lowest BCUT2D eigenvalue weighted by atomic mass is 10.1. The van der Waals surface area contributed by atoms with Gasteiger partial charge in [-0.05, 0) is 34.4 Å². The Balaban J connectivity index is 2.37. The van der Waals surface area contributed by atoms with Gasteiger partial charge in [-0.2, -0.15) is 0 Å². The number of thiophene rings is 1. The van der Waals surface area contributed by atoms with E-state index in [-0.39, 0.29) is 6.04 Å². The fourth-order valence-corrected chi connectivity index (χ4v) is 3.16. The third kappa shape index (κ3) is 2.25. The van der Waals surface area contributed by atoms with Gasteiger partial charge in [-0.25, -0.2) is 9.97 Å². The van der Waals surface area contributed by atoms with Crippen LogP contribution in [0.3, 0.4) is 0 Å². The number of nitrogens with zero attached hydrogens (tertiary/aromatic N) is 2. The van der Waals surface area contributed by atoms with E-state index in [0.29, 0.717) is 0 Å². The molecule has 0 aromatic carbocycles. The highest BCUT2D eigenvalue weighted by atomic mass is 79.9. The van der Waals surface area contributed by atoms with E-state index in [2.05, 4.69) is 36.6 Å². The molecule has 2 aromatic heterocycles. The van der Waals surface area contributed by atoms with Crippen LogP contribution in [-0.4, -0.2) is 17.0 Å². The number of halogens is 1. The smallest absolute Gasteiger partial charge is 0.115 e. The van der Waals surface area contributed by atoms with Crippen LogP contribution in [-0.2, 0) is 0 Å². The molecular formula is C10H10BrN3S. The second kappa shape index (κ2) is 4.83. The minimum Gasteiger partial charge on any atom is -0.309 e. The second-order valence-electron chi connectivity index (χ2n) is 3.03. The largest absolute Gasteiger partial charge is 0.309 e. The minimum atomic E-state index is 0.153. The van der Waals surface area contributed by atoms with Gasteiger partial charge in [0.1, 0.15) is 6.33 Å². The van der Waals surface area contributed by atoms with Crippen LogP contribution in [0.2, 0.25) is 0 Å². The third-order valence-electron chi connectivity index (χ3n) is 2.11. The van der Waals surface area contributed by atoms with Gasteiger partial charge in [-0.3, -0.25) is 0 Å². The van der Waals surface area contributed by atoms with E-state index in [1.807, 2.05) is 25.5 Å². The van der Waals surface area contributed by atoms with Crippen LogP contribution >= 0.6 is 27.3 Å². The van der Waals surface area contributed by atoms with Crippen LogP contribution in [0.4, 0.5) is 0 Å². The molecule has 2 rings (SSSR count). The van der Waals surface area contributed by atoms with Gasteiger partial charge in [0.15, 0.2) is 0 Å². The zero-order chi connectivity index (χ0) is 10.7. The Bertz CT molecular complexity index is 429. The van der Waals surface area contributed by atoms with Crippen molar-refractivity contribution in [2.75, 3.05) is 7.05 Å². The summed E-state index contributed by atoms with van der Waals surface area (Å²) in [4.78, 5) is 9.31. The van der Waals surface area contributed by atoms with Gasteiger partial charge in [0.25, 0.3) is 0 Å². The van der Waals surface area contributed by atoms with Crippen molar-refractivity contribution in [1.29, 1.82) is 0 Å². The summed E-state index contributed by atoms with van der Waals surface area (Å²) in [7, 11) is 1.93. The van der Waals surface area contributed by atoms with Crippen LogP contribution < -0.4 is 5.32 Å². The first-order valence-electron chi connectivity index (χ1n) is 4.48. The monoisotopic (exact) mass is 283 g/mol. The molecule has 0 fully saturated rings. The first-order chi connectivity index (χ1) is 7.33. The number of hydrogen-bond acceptors (Lipinski definition) is 4. The minimum absolute atomic E-state index is 0.153. The molecule has 0 saturated heterocycles. The SMILES string of the molecule is CNC(c1cncnc1)c1sccc1Br. The Hall–Kier alpha value is -0.780. The number of nitrogens with one attached hydrogen (secondary N) is 1. The first-order valence-corrected chi connectivity index (χ1v) is 6.15. The molecule has 1 atom stereocenters. The van der Waals surface area contributed by atoms with Gasteiger partial charge in [0, 0.05) is 27.3 Å². The molecule has 0 bridgehead atoms. The number of rotatable bonds is 3. The molecule has 5 heteroatoms. The van der Waals surface area contributed by atoms with E-state index >= 15 is 0 Å². The van der Waals surface area contributed by atoms with Gasteiger partial charge in [0.05, 0.1) is 6.04 Å². The summed E-state index contributed by atoms with van der Waals surface area (Å²) in [5, 5.41) is 5.33.